The second-order valence-electron chi connectivity index (χ2n) is 6.33. The van der Waals surface area contributed by atoms with E-state index in [2.05, 4.69) is 4.72 Å². The predicted molar refractivity (Wildman–Crippen MR) is 79.7 cm³/mol. The number of aryl methyl sites for hydroxylation is 2. The summed E-state index contributed by atoms with van der Waals surface area (Å²) in [4.78, 5) is 0.246. The molecule has 0 aliphatic heterocycles. The summed E-state index contributed by atoms with van der Waals surface area (Å²) >= 11 is 0. The molecule has 0 saturated carbocycles. The second-order valence-corrected chi connectivity index (χ2v) is 7.99. The molecule has 112 valence electrons. The van der Waals surface area contributed by atoms with Gasteiger partial charge >= 0.3 is 0 Å². The Morgan fingerprint density at radius 2 is 1.65 bits per heavy atom. The van der Waals surface area contributed by atoms with Crippen LogP contribution in [0.15, 0.2) is 17.0 Å². The number of ether oxygens (including phenoxy) is 1. The summed E-state index contributed by atoms with van der Waals surface area (Å²) in [6, 6.07) is 3.66. The average molecular weight is 297 g/mol. The molecule has 1 aromatic rings. The lowest BCUT2D eigenvalue weighted by Gasteiger charge is -2.23. The molecule has 0 heterocycles. The summed E-state index contributed by atoms with van der Waals surface area (Å²) in [5, 5.41) is 0. The van der Waals surface area contributed by atoms with E-state index in [4.69, 9.17) is 4.74 Å². The van der Waals surface area contributed by atoms with E-state index in [1.165, 1.54) is 12.7 Å². The van der Waals surface area contributed by atoms with Gasteiger partial charge in [0, 0.05) is 5.54 Å². The highest BCUT2D eigenvalue weighted by Gasteiger charge is 2.27. The van der Waals surface area contributed by atoms with Crippen LogP contribution in [-0.2, 0) is 22.9 Å². The van der Waals surface area contributed by atoms with Crippen LogP contribution in [0.3, 0.4) is 0 Å². The van der Waals surface area contributed by atoms with Crippen molar-refractivity contribution in [3.8, 4) is 5.75 Å². The average Bonchev–Trinajstić information content (AvgIpc) is 2.34. The van der Waals surface area contributed by atoms with E-state index in [1.54, 1.807) is 6.07 Å². The van der Waals surface area contributed by atoms with Gasteiger partial charge in [-0.3, -0.25) is 0 Å². The standard InChI is InChI=1S/C15H23NO3S/c1-15(2,3)16-20(17,18)14-10-12-8-6-5-7-11(12)9-13(14)19-4/h9-10,16H,5-8H2,1-4H3. The maximum Gasteiger partial charge on any atom is 0.244 e. The van der Waals surface area contributed by atoms with Crippen molar-refractivity contribution < 1.29 is 13.2 Å². The number of hydrogen-bond donors (Lipinski definition) is 1. The number of nitrogens with one attached hydrogen (secondary N) is 1. The number of methoxy groups -OCH3 is 1. The Morgan fingerprint density at radius 1 is 1.10 bits per heavy atom. The molecule has 0 radical (unpaired) electrons. The molecule has 1 aliphatic rings. The van der Waals surface area contributed by atoms with E-state index in [0.29, 0.717) is 5.75 Å². The Balaban J connectivity index is 2.50. The van der Waals surface area contributed by atoms with Gasteiger partial charge in [-0.15, -0.1) is 0 Å². The zero-order valence-electron chi connectivity index (χ0n) is 12.6. The Labute approximate surface area is 121 Å². The smallest absolute Gasteiger partial charge is 0.244 e. The molecule has 0 bridgehead atoms. The summed E-state index contributed by atoms with van der Waals surface area (Å²) in [6.07, 6.45) is 4.21. The van der Waals surface area contributed by atoms with E-state index in [-0.39, 0.29) is 4.90 Å². The number of benzene rings is 1. The molecule has 0 saturated heterocycles. The molecule has 0 unspecified atom stereocenters. The topological polar surface area (TPSA) is 55.4 Å². The van der Waals surface area contributed by atoms with Gasteiger partial charge in [-0.1, -0.05) is 0 Å². The van der Waals surface area contributed by atoms with E-state index >= 15 is 0 Å². The lowest BCUT2D eigenvalue weighted by molar-refractivity contribution is 0.399. The molecule has 0 amide bonds. The molecular weight excluding hydrogens is 274 g/mol. The zero-order chi connectivity index (χ0) is 15.0. The monoisotopic (exact) mass is 297 g/mol. The summed E-state index contributed by atoms with van der Waals surface area (Å²) in [7, 11) is -2.05. The van der Waals surface area contributed by atoms with Gasteiger partial charge in [-0.25, -0.2) is 13.1 Å². The Morgan fingerprint density at radius 3 is 2.15 bits per heavy atom. The van der Waals surface area contributed by atoms with Gasteiger partial charge in [0.15, 0.2) is 0 Å². The molecule has 0 fully saturated rings. The first-order valence-electron chi connectivity index (χ1n) is 6.97. The van der Waals surface area contributed by atoms with E-state index in [9.17, 15) is 8.42 Å². The van der Waals surface area contributed by atoms with E-state index in [0.717, 1.165) is 31.2 Å². The number of fused-ring (bicyclic) bond motifs is 1. The Hall–Kier alpha value is -1.07. The van der Waals surface area contributed by atoms with Crippen LogP contribution in [0.5, 0.6) is 5.75 Å². The van der Waals surface area contributed by atoms with Gasteiger partial charge < -0.3 is 4.74 Å². The Bertz CT molecular complexity index is 600. The van der Waals surface area contributed by atoms with Crippen molar-refractivity contribution in [3.05, 3.63) is 23.3 Å². The molecule has 4 nitrogen and oxygen atoms in total. The summed E-state index contributed by atoms with van der Waals surface area (Å²) < 4.78 is 33.0. The first-order chi connectivity index (χ1) is 9.23. The third-order valence-electron chi connectivity index (χ3n) is 3.36. The third kappa shape index (κ3) is 3.33. The molecule has 0 aromatic heterocycles. The highest BCUT2D eigenvalue weighted by Crippen LogP contribution is 2.32. The van der Waals surface area contributed by atoms with Crippen LogP contribution in [0.2, 0.25) is 0 Å². The van der Waals surface area contributed by atoms with Gasteiger partial charge in [-0.2, -0.15) is 0 Å². The molecule has 1 aliphatic carbocycles. The van der Waals surface area contributed by atoms with E-state index < -0.39 is 15.6 Å². The first kappa shape index (κ1) is 15.3. The van der Waals surface area contributed by atoms with Gasteiger partial charge in [0.1, 0.15) is 10.6 Å². The van der Waals surface area contributed by atoms with Gasteiger partial charge in [0.2, 0.25) is 10.0 Å². The zero-order valence-corrected chi connectivity index (χ0v) is 13.4. The summed E-state index contributed by atoms with van der Waals surface area (Å²) in [6.45, 7) is 5.49. The molecular formula is C15H23NO3S. The SMILES string of the molecule is COc1cc2c(cc1S(=O)(=O)NC(C)(C)C)CCCC2. The van der Waals surface area contributed by atoms with Crippen molar-refractivity contribution >= 4 is 10.0 Å². The molecule has 5 heteroatoms. The molecule has 1 N–H and O–H groups in total. The molecule has 20 heavy (non-hydrogen) atoms. The van der Waals surface area contributed by atoms with Crippen molar-refractivity contribution in [2.45, 2.75) is 56.9 Å². The van der Waals surface area contributed by atoms with Crippen molar-refractivity contribution in [1.29, 1.82) is 0 Å². The second kappa shape index (κ2) is 5.37. The largest absolute Gasteiger partial charge is 0.495 e. The third-order valence-corrected chi connectivity index (χ3v) is 5.14. The van der Waals surface area contributed by atoms with Crippen LogP contribution in [-0.4, -0.2) is 21.1 Å². The minimum absolute atomic E-state index is 0.246. The summed E-state index contributed by atoms with van der Waals surface area (Å²) in [5.41, 5.74) is 1.83. The number of hydrogen-bond acceptors (Lipinski definition) is 3. The maximum absolute atomic E-state index is 12.5. The van der Waals surface area contributed by atoms with Crippen LogP contribution in [0, 0.1) is 0 Å². The minimum atomic E-state index is -3.57. The number of rotatable bonds is 3. The van der Waals surface area contributed by atoms with Crippen molar-refractivity contribution in [1.82, 2.24) is 4.72 Å². The van der Waals surface area contributed by atoms with Crippen LogP contribution in [0.4, 0.5) is 0 Å². The molecule has 2 rings (SSSR count). The van der Waals surface area contributed by atoms with Gasteiger partial charge in [0.05, 0.1) is 7.11 Å². The van der Waals surface area contributed by atoms with Crippen LogP contribution >= 0.6 is 0 Å². The van der Waals surface area contributed by atoms with Crippen molar-refractivity contribution in [2.75, 3.05) is 7.11 Å². The van der Waals surface area contributed by atoms with E-state index in [1.807, 2.05) is 26.8 Å². The fourth-order valence-electron chi connectivity index (χ4n) is 2.57. The number of sulfonamides is 1. The van der Waals surface area contributed by atoms with Crippen molar-refractivity contribution in [3.63, 3.8) is 0 Å². The molecule has 1 aromatic carbocycles. The maximum atomic E-state index is 12.5. The fraction of sp³-hybridized carbons (Fsp3) is 0.600. The lowest BCUT2D eigenvalue weighted by Crippen LogP contribution is -2.40. The van der Waals surface area contributed by atoms with Crippen LogP contribution in [0.1, 0.15) is 44.7 Å². The highest BCUT2D eigenvalue weighted by atomic mass is 32.2. The lowest BCUT2D eigenvalue weighted by atomic mass is 9.92. The van der Waals surface area contributed by atoms with Crippen LogP contribution in [0.25, 0.3) is 0 Å². The molecule has 0 atom stereocenters. The normalized spacial score (nSPS) is 15.8. The Kier molecular flexibility index (Phi) is 4.12. The van der Waals surface area contributed by atoms with Crippen LogP contribution < -0.4 is 9.46 Å². The summed E-state index contributed by atoms with van der Waals surface area (Å²) in [5.74, 6) is 0.433. The van der Waals surface area contributed by atoms with Gasteiger partial charge in [-0.05, 0) is 69.7 Å². The van der Waals surface area contributed by atoms with Crippen molar-refractivity contribution in [2.24, 2.45) is 0 Å². The predicted octanol–water partition coefficient (Wildman–Crippen LogP) is 2.65. The quantitative estimate of drug-likeness (QED) is 0.933. The minimum Gasteiger partial charge on any atom is -0.495 e. The molecule has 0 spiro atoms. The first-order valence-corrected chi connectivity index (χ1v) is 8.45. The fourth-order valence-corrected chi connectivity index (χ4v) is 4.19. The van der Waals surface area contributed by atoms with Gasteiger partial charge in [0.25, 0.3) is 0 Å². The highest BCUT2D eigenvalue weighted by molar-refractivity contribution is 7.89.